The van der Waals surface area contributed by atoms with Gasteiger partial charge in [0.1, 0.15) is 11.6 Å². The monoisotopic (exact) mass is 285 g/mol. The van der Waals surface area contributed by atoms with E-state index in [0.29, 0.717) is 23.7 Å². The van der Waals surface area contributed by atoms with Crippen molar-refractivity contribution in [2.24, 2.45) is 5.92 Å². The van der Waals surface area contributed by atoms with Gasteiger partial charge in [-0.15, -0.1) is 5.10 Å². The Morgan fingerprint density at radius 2 is 2.26 bits per heavy atom. The molecule has 0 aliphatic carbocycles. The molecular weight excluding hydrogens is 266 g/mol. The SMILES string of the molecule is CS(=O)(=O)Cc1nc(N2CC3CCCNC3C2)n[nH]1. The molecule has 1 aromatic heterocycles. The van der Waals surface area contributed by atoms with Crippen molar-refractivity contribution in [1.82, 2.24) is 20.5 Å². The van der Waals surface area contributed by atoms with Gasteiger partial charge >= 0.3 is 0 Å². The number of nitrogens with one attached hydrogen (secondary N) is 2. The summed E-state index contributed by atoms with van der Waals surface area (Å²) in [6.07, 6.45) is 3.67. The Balaban J connectivity index is 1.70. The van der Waals surface area contributed by atoms with Gasteiger partial charge in [-0.05, 0) is 25.3 Å². The highest BCUT2D eigenvalue weighted by Crippen LogP contribution is 2.27. The number of aromatic amines is 1. The number of rotatable bonds is 3. The highest BCUT2D eigenvalue weighted by molar-refractivity contribution is 7.89. The number of sulfone groups is 1. The van der Waals surface area contributed by atoms with Crippen LogP contribution in [-0.2, 0) is 15.6 Å². The molecule has 2 N–H and O–H groups in total. The summed E-state index contributed by atoms with van der Waals surface area (Å²) in [5, 5.41) is 10.4. The van der Waals surface area contributed by atoms with Crippen LogP contribution in [0.3, 0.4) is 0 Å². The Hall–Kier alpha value is -1.15. The summed E-state index contributed by atoms with van der Waals surface area (Å²) in [7, 11) is -3.07. The minimum absolute atomic E-state index is 0.0844. The van der Waals surface area contributed by atoms with Gasteiger partial charge in [-0.2, -0.15) is 4.98 Å². The summed E-state index contributed by atoms with van der Waals surface area (Å²) in [4.78, 5) is 6.42. The van der Waals surface area contributed by atoms with Crippen LogP contribution in [0.2, 0.25) is 0 Å². The molecule has 0 amide bonds. The number of piperidine rings is 1. The molecule has 3 heterocycles. The van der Waals surface area contributed by atoms with E-state index < -0.39 is 9.84 Å². The Kier molecular flexibility index (Phi) is 3.22. The molecule has 0 aromatic carbocycles. The summed E-state index contributed by atoms with van der Waals surface area (Å²) in [6.45, 7) is 2.94. The van der Waals surface area contributed by atoms with Gasteiger partial charge in [-0.1, -0.05) is 0 Å². The molecule has 7 nitrogen and oxygen atoms in total. The summed E-state index contributed by atoms with van der Waals surface area (Å²) in [5.41, 5.74) is 0. The molecule has 2 aliphatic rings. The molecule has 0 radical (unpaired) electrons. The Labute approximate surface area is 112 Å². The highest BCUT2D eigenvalue weighted by Gasteiger charge is 2.35. The standard InChI is InChI=1S/C11H19N5O2S/c1-19(17,18)7-10-13-11(15-14-10)16-5-8-3-2-4-12-9(8)6-16/h8-9,12H,2-7H2,1H3,(H,13,14,15). The van der Waals surface area contributed by atoms with Gasteiger partial charge in [0.15, 0.2) is 9.84 Å². The molecule has 0 bridgehead atoms. The second-order valence-electron chi connectivity index (χ2n) is 5.52. The summed E-state index contributed by atoms with van der Waals surface area (Å²) >= 11 is 0. The van der Waals surface area contributed by atoms with E-state index in [1.807, 2.05) is 0 Å². The summed E-state index contributed by atoms with van der Waals surface area (Å²) < 4.78 is 22.4. The zero-order chi connectivity index (χ0) is 13.5. The van der Waals surface area contributed by atoms with Crippen molar-refractivity contribution in [2.45, 2.75) is 24.6 Å². The highest BCUT2D eigenvalue weighted by atomic mass is 32.2. The lowest BCUT2D eigenvalue weighted by Gasteiger charge is -2.24. The quantitative estimate of drug-likeness (QED) is 0.781. The van der Waals surface area contributed by atoms with Crippen LogP contribution in [0.1, 0.15) is 18.7 Å². The first-order chi connectivity index (χ1) is 9.01. The third-order valence-corrected chi connectivity index (χ3v) is 4.60. The van der Waals surface area contributed by atoms with Crippen molar-refractivity contribution in [1.29, 1.82) is 0 Å². The van der Waals surface area contributed by atoms with E-state index in [2.05, 4.69) is 25.4 Å². The zero-order valence-corrected chi connectivity index (χ0v) is 11.8. The van der Waals surface area contributed by atoms with Crippen LogP contribution >= 0.6 is 0 Å². The maximum Gasteiger partial charge on any atom is 0.244 e. The smallest absolute Gasteiger partial charge is 0.244 e. The van der Waals surface area contributed by atoms with Crippen LogP contribution in [0.25, 0.3) is 0 Å². The second-order valence-corrected chi connectivity index (χ2v) is 7.66. The van der Waals surface area contributed by atoms with Crippen molar-refractivity contribution < 1.29 is 8.42 Å². The van der Waals surface area contributed by atoms with Crippen molar-refractivity contribution >= 4 is 15.8 Å². The molecule has 2 aliphatic heterocycles. The second kappa shape index (κ2) is 4.75. The van der Waals surface area contributed by atoms with Crippen LogP contribution in [0, 0.1) is 5.92 Å². The van der Waals surface area contributed by atoms with Gasteiger partial charge in [0, 0.05) is 25.4 Å². The van der Waals surface area contributed by atoms with E-state index in [-0.39, 0.29) is 5.75 Å². The molecule has 0 saturated carbocycles. The maximum atomic E-state index is 11.2. The fraction of sp³-hybridized carbons (Fsp3) is 0.818. The first-order valence-corrected chi connectivity index (χ1v) is 8.65. The number of hydrogen-bond donors (Lipinski definition) is 2. The third kappa shape index (κ3) is 2.89. The molecule has 2 atom stereocenters. The van der Waals surface area contributed by atoms with Gasteiger partial charge in [-0.3, -0.25) is 5.10 Å². The summed E-state index contributed by atoms with van der Waals surface area (Å²) in [6, 6.07) is 0.519. The number of nitrogens with zero attached hydrogens (tertiary/aromatic N) is 3. The van der Waals surface area contributed by atoms with E-state index in [1.165, 1.54) is 19.1 Å². The van der Waals surface area contributed by atoms with Crippen LogP contribution in [-0.4, -0.2) is 55.5 Å². The number of hydrogen-bond acceptors (Lipinski definition) is 6. The average Bonchev–Trinajstić information content (AvgIpc) is 2.91. The molecule has 1 aromatic rings. The van der Waals surface area contributed by atoms with Crippen molar-refractivity contribution in [3.63, 3.8) is 0 Å². The number of aromatic nitrogens is 3. The van der Waals surface area contributed by atoms with Crippen LogP contribution in [0.4, 0.5) is 5.95 Å². The fourth-order valence-corrected chi connectivity index (χ4v) is 3.58. The van der Waals surface area contributed by atoms with Gasteiger partial charge in [-0.25, -0.2) is 8.42 Å². The number of fused-ring (bicyclic) bond motifs is 1. The van der Waals surface area contributed by atoms with Gasteiger partial charge < -0.3 is 10.2 Å². The lowest BCUT2D eigenvalue weighted by atomic mass is 9.94. The predicted octanol–water partition coefficient (Wildman–Crippen LogP) is -0.462. The van der Waals surface area contributed by atoms with E-state index in [9.17, 15) is 8.42 Å². The topological polar surface area (TPSA) is 91.0 Å². The van der Waals surface area contributed by atoms with Crippen LogP contribution in [0.15, 0.2) is 0 Å². The Bertz CT molecular complexity index is 541. The lowest BCUT2D eigenvalue weighted by molar-refractivity contribution is 0.340. The molecule has 19 heavy (non-hydrogen) atoms. The molecule has 8 heteroatoms. The molecule has 2 unspecified atom stereocenters. The molecule has 2 fully saturated rings. The van der Waals surface area contributed by atoms with Gasteiger partial charge in [0.25, 0.3) is 0 Å². The fourth-order valence-electron chi connectivity index (χ4n) is 2.95. The van der Waals surface area contributed by atoms with Crippen molar-refractivity contribution in [3.05, 3.63) is 5.82 Å². The van der Waals surface area contributed by atoms with E-state index in [1.54, 1.807) is 0 Å². The van der Waals surface area contributed by atoms with Crippen LogP contribution in [0.5, 0.6) is 0 Å². The van der Waals surface area contributed by atoms with Gasteiger partial charge in [0.2, 0.25) is 5.95 Å². The minimum atomic E-state index is -3.07. The van der Waals surface area contributed by atoms with Crippen molar-refractivity contribution in [2.75, 3.05) is 30.8 Å². The number of anilines is 1. The Morgan fingerprint density at radius 1 is 1.42 bits per heavy atom. The third-order valence-electron chi connectivity index (χ3n) is 3.80. The van der Waals surface area contributed by atoms with Crippen LogP contribution < -0.4 is 10.2 Å². The van der Waals surface area contributed by atoms with E-state index in [0.717, 1.165) is 19.6 Å². The van der Waals surface area contributed by atoms with Crippen molar-refractivity contribution in [3.8, 4) is 0 Å². The minimum Gasteiger partial charge on any atom is -0.338 e. The normalized spacial score (nSPS) is 27.5. The maximum absolute atomic E-state index is 11.2. The van der Waals surface area contributed by atoms with E-state index in [4.69, 9.17) is 0 Å². The molecule has 2 saturated heterocycles. The lowest BCUT2D eigenvalue weighted by Crippen LogP contribution is -2.40. The predicted molar refractivity (Wildman–Crippen MR) is 71.7 cm³/mol. The zero-order valence-electron chi connectivity index (χ0n) is 11.0. The summed E-state index contributed by atoms with van der Waals surface area (Å²) in [5.74, 6) is 1.61. The first-order valence-electron chi connectivity index (χ1n) is 6.58. The molecule has 3 rings (SSSR count). The average molecular weight is 285 g/mol. The molecule has 106 valence electrons. The molecule has 0 spiro atoms. The number of H-pyrrole nitrogens is 1. The van der Waals surface area contributed by atoms with Gasteiger partial charge in [0.05, 0.1) is 0 Å². The Morgan fingerprint density at radius 3 is 3.00 bits per heavy atom. The first kappa shape index (κ1) is 12.9. The largest absolute Gasteiger partial charge is 0.338 e. The van der Waals surface area contributed by atoms with E-state index >= 15 is 0 Å². The molecular formula is C11H19N5O2S.